The van der Waals surface area contributed by atoms with Crippen LogP contribution in [0.5, 0.6) is 0 Å². The third kappa shape index (κ3) is 2.20. The van der Waals surface area contributed by atoms with Crippen molar-refractivity contribution in [2.75, 3.05) is 5.32 Å². The zero-order valence-corrected chi connectivity index (χ0v) is 10.6. The fourth-order valence-corrected chi connectivity index (χ4v) is 2.44. The first kappa shape index (κ1) is 12.1. The van der Waals surface area contributed by atoms with E-state index in [0.29, 0.717) is 11.4 Å². The molecule has 4 heteroatoms. The zero-order valence-electron chi connectivity index (χ0n) is 9.84. The van der Waals surface area contributed by atoms with Gasteiger partial charge in [0.25, 0.3) is 0 Å². The van der Waals surface area contributed by atoms with Crippen LogP contribution in [0.15, 0.2) is 12.1 Å². The Labute approximate surface area is 105 Å². The fourth-order valence-electron chi connectivity index (χ4n) is 2.18. The molecule has 0 fully saturated rings. The summed E-state index contributed by atoms with van der Waals surface area (Å²) in [6.45, 7) is 3.45. The second-order valence-electron chi connectivity index (χ2n) is 4.31. The summed E-state index contributed by atoms with van der Waals surface area (Å²) in [7, 11) is 0. The van der Waals surface area contributed by atoms with Crippen LogP contribution in [0.3, 0.4) is 0 Å². The number of anilines is 1. The molecule has 1 aromatic rings. The molecular formula is C13H14ClNO2. The van der Waals surface area contributed by atoms with Crippen LogP contribution in [-0.4, -0.2) is 11.7 Å². The highest BCUT2D eigenvalue weighted by atomic mass is 35.5. The summed E-state index contributed by atoms with van der Waals surface area (Å²) in [4.78, 5) is 23.2. The molecule has 1 atom stereocenters. The Bertz CT molecular complexity index is 496. The minimum atomic E-state index is -0.578. The van der Waals surface area contributed by atoms with Gasteiger partial charge in [0.15, 0.2) is 0 Å². The molecule has 90 valence electrons. The number of amides is 1. The van der Waals surface area contributed by atoms with E-state index in [1.54, 1.807) is 0 Å². The highest BCUT2D eigenvalue weighted by molar-refractivity contribution is 6.31. The van der Waals surface area contributed by atoms with Crippen LogP contribution in [0.25, 0.3) is 0 Å². The van der Waals surface area contributed by atoms with Crippen LogP contribution in [0.1, 0.15) is 25.0 Å². The van der Waals surface area contributed by atoms with Crippen molar-refractivity contribution < 1.29 is 9.59 Å². The molecule has 1 aliphatic heterocycles. The highest BCUT2D eigenvalue weighted by Gasteiger charge is 2.30. The Balaban J connectivity index is 2.48. The summed E-state index contributed by atoms with van der Waals surface area (Å²) in [5.41, 5.74) is 2.80. The molecule has 17 heavy (non-hydrogen) atoms. The summed E-state index contributed by atoms with van der Waals surface area (Å²) in [6, 6.07) is 3.68. The van der Waals surface area contributed by atoms with E-state index in [1.165, 1.54) is 6.92 Å². The molecule has 0 saturated carbocycles. The van der Waals surface area contributed by atoms with E-state index < -0.39 is 5.92 Å². The number of benzene rings is 1. The summed E-state index contributed by atoms with van der Waals surface area (Å²) in [6.07, 6.45) is 1.25. The molecule has 1 aliphatic rings. The smallest absolute Gasteiger partial charge is 0.235 e. The predicted octanol–water partition coefficient (Wildman–Crippen LogP) is 2.60. The number of ketones is 1. The average Bonchev–Trinajstić information content (AvgIpc) is 2.27. The molecule has 3 nitrogen and oxygen atoms in total. The molecule has 1 unspecified atom stereocenters. The Hall–Kier alpha value is -1.35. The second-order valence-corrected chi connectivity index (χ2v) is 4.75. The Morgan fingerprint density at radius 3 is 2.82 bits per heavy atom. The van der Waals surface area contributed by atoms with Crippen LogP contribution in [0, 0.1) is 5.92 Å². The lowest BCUT2D eigenvalue weighted by atomic mass is 9.88. The second kappa shape index (κ2) is 4.49. The van der Waals surface area contributed by atoms with E-state index >= 15 is 0 Å². The van der Waals surface area contributed by atoms with Crippen LogP contribution in [0.2, 0.25) is 5.02 Å². The number of rotatable bonds is 2. The fraction of sp³-hybridized carbons (Fsp3) is 0.385. The third-order valence-electron chi connectivity index (χ3n) is 3.13. The maximum atomic E-state index is 11.8. The minimum Gasteiger partial charge on any atom is -0.325 e. The molecule has 1 aromatic carbocycles. The number of halogens is 1. The van der Waals surface area contributed by atoms with Crippen molar-refractivity contribution in [2.45, 2.75) is 26.7 Å². The monoisotopic (exact) mass is 251 g/mol. The van der Waals surface area contributed by atoms with Crippen molar-refractivity contribution in [2.24, 2.45) is 5.92 Å². The van der Waals surface area contributed by atoms with Crippen molar-refractivity contribution >= 4 is 29.0 Å². The van der Waals surface area contributed by atoms with E-state index in [0.717, 1.165) is 23.2 Å². The molecule has 0 aliphatic carbocycles. The SMILES string of the molecule is CCc1cc(Cl)cc2c1NC(=O)C(C(C)=O)C2. The van der Waals surface area contributed by atoms with Crippen molar-refractivity contribution in [1.82, 2.24) is 0 Å². The van der Waals surface area contributed by atoms with Crippen LogP contribution < -0.4 is 5.32 Å². The number of hydrogen-bond acceptors (Lipinski definition) is 2. The number of carbonyl (C=O) groups excluding carboxylic acids is 2. The van der Waals surface area contributed by atoms with E-state index in [9.17, 15) is 9.59 Å². The number of carbonyl (C=O) groups is 2. The highest BCUT2D eigenvalue weighted by Crippen LogP contribution is 2.32. The van der Waals surface area contributed by atoms with E-state index in [1.807, 2.05) is 19.1 Å². The van der Waals surface area contributed by atoms with Crippen molar-refractivity contribution in [3.05, 3.63) is 28.3 Å². The molecule has 1 heterocycles. The largest absolute Gasteiger partial charge is 0.325 e. The van der Waals surface area contributed by atoms with Gasteiger partial charge >= 0.3 is 0 Å². The summed E-state index contributed by atoms with van der Waals surface area (Å²) in [5, 5.41) is 3.47. The van der Waals surface area contributed by atoms with Gasteiger partial charge in [-0.3, -0.25) is 9.59 Å². The van der Waals surface area contributed by atoms with Gasteiger partial charge in [0.1, 0.15) is 11.7 Å². The average molecular weight is 252 g/mol. The molecule has 0 aromatic heterocycles. The first-order valence-corrected chi connectivity index (χ1v) is 6.03. The summed E-state index contributed by atoms with van der Waals surface area (Å²) < 4.78 is 0. The van der Waals surface area contributed by atoms with Gasteiger partial charge in [0, 0.05) is 10.7 Å². The van der Waals surface area contributed by atoms with Crippen LogP contribution in [0.4, 0.5) is 5.69 Å². The van der Waals surface area contributed by atoms with Gasteiger partial charge in [-0.15, -0.1) is 0 Å². The van der Waals surface area contributed by atoms with E-state index in [4.69, 9.17) is 11.6 Å². The van der Waals surface area contributed by atoms with Gasteiger partial charge in [0.05, 0.1) is 0 Å². The normalized spacial score (nSPS) is 18.5. The van der Waals surface area contributed by atoms with Gasteiger partial charge in [-0.05, 0) is 43.0 Å². The van der Waals surface area contributed by atoms with Crippen LogP contribution in [-0.2, 0) is 22.4 Å². The number of aryl methyl sites for hydroxylation is 1. The lowest BCUT2D eigenvalue weighted by Gasteiger charge is -2.25. The maximum absolute atomic E-state index is 11.8. The standard InChI is InChI=1S/C13H14ClNO2/c1-3-8-4-10(14)5-9-6-11(7(2)16)13(17)15-12(8)9/h4-5,11H,3,6H2,1-2H3,(H,15,17). The number of fused-ring (bicyclic) bond motifs is 1. The zero-order chi connectivity index (χ0) is 12.6. The lowest BCUT2D eigenvalue weighted by Crippen LogP contribution is -2.34. The Morgan fingerprint density at radius 1 is 1.53 bits per heavy atom. The minimum absolute atomic E-state index is 0.105. The summed E-state index contributed by atoms with van der Waals surface area (Å²) in [5.74, 6) is -0.890. The Kier molecular flexibility index (Phi) is 3.20. The van der Waals surface area contributed by atoms with Crippen molar-refractivity contribution in [3.63, 3.8) is 0 Å². The predicted molar refractivity (Wildman–Crippen MR) is 67.3 cm³/mol. The molecule has 0 saturated heterocycles. The number of hydrogen-bond donors (Lipinski definition) is 1. The van der Waals surface area contributed by atoms with Crippen molar-refractivity contribution in [3.8, 4) is 0 Å². The van der Waals surface area contributed by atoms with Gasteiger partial charge in [-0.25, -0.2) is 0 Å². The molecule has 1 N–H and O–H groups in total. The van der Waals surface area contributed by atoms with Gasteiger partial charge in [-0.2, -0.15) is 0 Å². The molecule has 1 amide bonds. The number of nitrogens with one attached hydrogen (secondary N) is 1. The summed E-state index contributed by atoms with van der Waals surface area (Å²) >= 11 is 6.03. The Morgan fingerprint density at radius 2 is 2.24 bits per heavy atom. The number of Topliss-reactive ketones (excluding diaryl/α,β-unsaturated/α-hetero) is 1. The van der Waals surface area contributed by atoms with Crippen molar-refractivity contribution in [1.29, 1.82) is 0 Å². The third-order valence-corrected chi connectivity index (χ3v) is 3.35. The van der Waals surface area contributed by atoms with Gasteiger partial charge in [0.2, 0.25) is 5.91 Å². The van der Waals surface area contributed by atoms with Crippen LogP contribution >= 0.6 is 11.6 Å². The molecular weight excluding hydrogens is 238 g/mol. The first-order chi connectivity index (χ1) is 8.02. The molecule has 2 rings (SSSR count). The first-order valence-electron chi connectivity index (χ1n) is 5.65. The topological polar surface area (TPSA) is 46.2 Å². The molecule has 0 radical (unpaired) electrons. The van der Waals surface area contributed by atoms with E-state index in [2.05, 4.69) is 5.32 Å². The molecule has 0 spiro atoms. The van der Waals surface area contributed by atoms with Gasteiger partial charge in [-0.1, -0.05) is 18.5 Å². The lowest BCUT2D eigenvalue weighted by molar-refractivity contribution is -0.130. The maximum Gasteiger partial charge on any atom is 0.235 e. The quantitative estimate of drug-likeness (QED) is 0.822. The molecule has 0 bridgehead atoms. The van der Waals surface area contributed by atoms with Gasteiger partial charge < -0.3 is 5.32 Å². The van der Waals surface area contributed by atoms with E-state index in [-0.39, 0.29) is 11.7 Å².